The van der Waals surface area contributed by atoms with E-state index in [4.69, 9.17) is 14.2 Å². The average molecular weight is 287 g/mol. The van der Waals surface area contributed by atoms with Gasteiger partial charge in [-0.2, -0.15) is 5.26 Å². The van der Waals surface area contributed by atoms with Crippen molar-refractivity contribution >= 4 is 5.97 Å². The number of aliphatic hydroxyl groups is 1. The molecular weight excluding hydrogens is 262 g/mol. The topological polar surface area (TPSA) is 88.8 Å². The van der Waals surface area contributed by atoms with Gasteiger partial charge >= 0.3 is 5.97 Å². The Morgan fingerprint density at radius 1 is 1.35 bits per heavy atom. The summed E-state index contributed by atoms with van der Waals surface area (Å²) < 4.78 is 15.8. The SMILES string of the molecule is CCOC(C)OC(C#N)(C(=O)OC(C)(C)C)C(O)CC. The summed E-state index contributed by atoms with van der Waals surface area (Å²) in [6, 6.07) is 1.75. The number of nitrogens with zero attached hydrogens (tertiary/aromatic N) is 1. The van der Waals surface area contributed by atoms with Crippen LogP contribution in [0.25, 0.3) is 0 Å². The average Bonchev–Trinajstić information content (AvgIpc) is 2.33. The lowest BCUT2D eigenvalue weighted by atomic mass is 9.95. The van der Waals surface area contributed by atoms with Crippen LogP contribution in [-0.4, -0.2) is 41.3 Å². The highest BCUT2D eigenvalue weighted by Gasteiger charge is 2.50. The lowest BCUT2D eigenvalue weighted by Crippen LogP contribution is -2.54. The monoisotopic (exact) mass is 287 g/mol. The maximum atomic E-state index is 12.3. The van der Waals surface area contributed by atoms with Gasteiger partial charge in [0.1, 0.15) is 17.8 Å². The molecular formula is C14H25NO5. The zero-order valence-corrected chi connectivity index (χ0v) is 13.1. The van der Waals surface area contributed by atoms with Crippen molar-refractivity contribution in [3.63, 3.8) is 0 Å². The third-order valence-corrected chi connectivity index (χ3v) is 2.48. The number of rotatable bonds is 7. The first kappa shape index (κ1) is 18.8. The molecule has 0 aromatic rings. The molecule has 1 N–H and O–H groups in total. The van der Waals surface area contributed by atoms with Gasteiger partial charge in [-0.25, -0.2) is 4.79 Å². The fraction of sp³-hybridized carbons (Fsp3) is 0.857. The molecule has 0 amide bonds. The highest BCUT2D eigenvalue weighted by atomic mass is 16.7. The molecule has 116 valence electrons. The Morgan fingerprint density at radius 2 is 1.90 bits per heavy atom. The summed E-state index contributed by atoms with van der Waals surface area (Å²) in [6.07, 6.45) is -1.94. The van der Waals surface area contributed by atoms with Crippen LogP contribution in [0.3, 0.4) is 0 Å². The lowest BCUT2D eigenvalue weighted by molar-refractivity contribution is -0.229. The molecule has 0 fully saturated rings. The smallest absolute Gasteiger partial charge is 0.356 e. The van der Waals surface area contributed by atoms with E-state index in [1.165, 1.54) is 0 Å². The second-order valence-corrected chi connectivity index (χ2v) is 5.41. The van der Waals surface area contributed by atoms with Gasteiger partial charge in [-0.05, 0) is 41.0 Å². The first-order valence-electron chi connectivity index (χ1n) is 6.75. The van der Waals surface area contributed by atoms with E-state index in [1.54, 1.807) is 47.6 Å². The summed E-state index contributed by atoms with van der Waals surface area (Å²) in [7, 11) is 0. The number of nitriles is 1. The molecule has 3 unspecified atom stereocenters. The maximum Gasteiger partial charge on any atom is 0.356 e. The molecule has 0 aromatic carbocycles. The summed E-state index contributed by atoms with van der Waals surface area (Å²) >= 11 is 0. The standard InChI is InChI=1S/C14H25NO5/c1-7-11(16)14(9-15,19-10(3)18-8-2)12(17)20-13(4,5)6/h10-11,16H,7-8H2,1-6H3. The Hall–Kier alpha value is -1.16. The van der Waals surface area contributed by atoms with E-state index in [0.717, 1.165) is 0 Å². The molecule has 0 saturated carbocycles. The van der Waals surface area contributed by atoms with E-state index >= 15 is 0 Å². The fourth-order valence-corrected chi connectivity index (χ4v) is 1.58. The Labute approximate surface area is 120 Å². The van der Waals surface area contributed by atoms with Crippen molar-refractivity contribution in [2.24, 2.45) is 0 Å². The lowest BCUT2D eigenvalue weighted by Gasteiger charge is -2.33. The number of hydrogen-bond donors (Lipinski definition) is 1. The Morgan fingerprint density at radius 3 is 2.25 bits per heavy atom. The Bertz CT molecular complexity index is 358. The van der Waals surface area contributed by atoms with Crippen molar-refractivity contribution in [2.45, 2.75) is 71.6 Å². The first-order chi connectivity index (χ1) is 9.12. The van der Waals surface area contributed by atoms with E-state index in [-0.39, 0.29) is 6.42 Å². The Kier molecular flexibility index (Phi) is 7.14. The Balaban J connectivity index is 5.34. The minimum Gasteiger partial charge on any atom is -0.457 e. The van der Waals surface area contributed by atoms with E-state index < -0.39 is 29.6 Å². The van der Waals surface area contributed by atoms with E-state index in [2.05, 4.69) is 0 Å². The molecule has 3 atom stereocenters. The van der Waals surface area contributed by atoms with Gasteiger partial charge in [0.2, 0.25) is 0 Å². The van der Waals surface area contributed by atoms with Gasteiger partial charge in [0, 0.05) is 6.61 Å². The molecule has 0 heterocycles. The third-order valence-electron chi connectivity index (χ3n) is 2.48. The van der Waals surface area contributed by atoms with Crippen LogP contribution in [0, 0.1) is 11.3 Å². The third kappa shape index (κ3) is 5.08. The zero-order valence-electron chi connectivity index (χ0n) is 13.1. The van der Waals surface area contributed by atoms with Gasteiger partial charge in [-0.3, -0.25) is 0 Å². The van der Waals surface area contributed by atoms with Crippen molar-refractivity contribution in [2.75, 3.05) is 6.61 Å². The van der Waals surface area contributed by atoms with Gasteiger partial charge in [0.15, 0.2) is 6.29 Å². The van der Waals surface area contributed by atoms with Crippen molar-refractivity contribution in [3.8, 4) is 6.07 Å². The zero-order chi connectivity index (χ0) is 16.0. The molecule has 0 bridgehead atoms. The fourth-order valence-electron chi connectivity index (χ4n) is 1.58. The van der Waals surface area contributed by atoms with Crippen LogP contribution in [0.1, 0.15) is 48.0 Å². The van der Waals surface area contributed by atoms with Crippen LogP contribution >= 0.6 is 0 Å². The molecule has 6 nitrogen and oxygen atoms in total. The summed E-state index contributed by atoms with van der Waals surface area (Å²) in [5.74, 6) is -0.909. The highest BCUT2D eigenvalue weighted by molar-refractivity contribution is 5.84. The van der Waals surface area contributed by atoms with Crippen LogP contribution < -0.4 is 0 Å². The normalized spacial score (nSPS) is 17.7. The highest BCUT2D eigenvalue weighted by Crippen LogP contribution is 2.25. The van der Waals surface area contributed by atoms with E-state index in [0.29, 0.717) is 6.61 Å². The summed E-state index contributed by atoms with van der Waals surface area (Å²) in [5.41, 5.74) is -2.87. The van der Waals surface area contributed by atoms with Crippen molar-refractivity contribution in [1.29, 1.82) is 5.26 Å². The number of carbonyl (C=O) groups is 1. The van der Waals surface area contributed by atoms with E-state index in [1.807, 2.05) is 0 Å². The molecule has 20 heavy (non-hydrogen) atoms. The second-order valence-electron chi connectivity index (χ2n) is 5.41. The van der Waals surface area contributed by atoms with Gasteiger partial charge in [0.25, 0.3) is 5.60 Å². The van der Waals surface area contributed by atoms with Crippen molar-refractivity contribution in [3.05, 3.63) is 0 Å². The largest absolute Gasteiger partial charge is 0.457 e. The van der Waals surface area contributed by atoms with Crippen LogP contribution in [0.4, 0.5) is 0 Å². The molecule has 0 aliphatic rings. The minimum atomic E-state index is -2.09. The van der Waals surface area contributed by atoms with Gasteiger partial charge < -0.3 is 19.3 Å². The number of aliphatic hydroxyl groups excluding tert-OH is 1. The minimum absolute atomic E-state index is 0.172. The predicted octanol–water partition coefficient (Wildman–Crippen LogP) is 1.76. The summed E-state index contributed by atoms with van der Waals surface area (Å²) in [5, 5.41) is 19.4. The quantitative estimate of drug-likeness (QED) is 0.567. The molecule has 6 heteroatoms. The first-order valence-corrected chi connectivity index (χ1v) is 6.75. The van der Waals surface area contributed by atoms with Crippen molar-refractivity contribution in [1.82, 2.24) is 0 Å². The molecule has 0 rings (SSSR count). The molecule has 0 spiro atoms. The number of ether oxygens (including phenoxy) is 3. The molecule has 0 aromatic heterocycles. The molecule has 0 saturated heterocycles. The second kappa shape index (κ2) is 7.58. The van der Waals surface area contributed by atoms with Crippen LogP contribution in [0.2, 0.25) is 0 Å². The van der Waals surface area contributed by atoms with Crippen LogP contribution in [-0.2, 0) is 19.0 Å². The predicted molar refractivity (Wildman–Crippen MR) is 72.7 cm³/mol. The van der Waals surface area contributed by atoms with Gasteiger partial charge in [-0.1, -0.05) is 6.92 Å². The van der Waals surface area contributed by atoms with E-state index in [9.17, 15) is 15.2 Å². The summed E-state index contributed by atoms with van der Waals surface area (Å²) in [4.78, 5) is 12.3. The molecule has 0 aliphatic heterocycles. The maximum absolute atomic E-state index is 12.3. The van der Waals surface area contributed by atoms with Gasteiger partial charge in [-0.15, -0.1) is 0 Å². The molecule has 0 aliphatic carbocycles. The summed E-state index contributed by atoms with van der Waals surface area (Å²) in [6.45, 7) is 10.4. The molecule has 0 radical (unpaired) electrons. The number of carbonyl (C=O) groups excluding carboxylic acids is 1. The van der Waals surface area contributed by atoms with Crippen LogP contribution in [0.5, 0.6) is 0 Å². The van der Waals surface area contributed by atoms with Crippen molar-refractivity contribution < 1.29 is 24.1 Å². The number of hydrogen-bond acceptors (Lipinski definition) is 6. The van der Waals surface area contributed by atoms with Gasteiger partial charge in [0.05, 0.1) is 0 Å². The van der Waals surface area contributed by atoms with Crippen LogP contribution in [0.15, 0.2) is 0 Å². The number of esters is 1.